The number of anilines is 1. The highest BCUT2D eigenvalue weighted by molar-refractivity contribution is 8.13. The predicted molar refractivity (Wildman–Crippen MR) is 185 cm³/mol. The minimum atomic E-state index is -5.56. The van der Waals surface area contributed by atoms with Crippen LogP contribution in [0.4, 0.5) is 5.82 Å². The average molecular weight is 854 g/mol. The summed E-state index contributed by atoms with van der Waals surface area (Å²) in [5.74, 6) is -1.08. The predicted octanol–water partition coefficient (Wildman–Crippen LogP) is -1.11. The molecular weight excluding hydrogens is 811 g/mol. The Morgan fingerprint density at radius 3 is 2.33 bits per heavy atom. The summed E-state index contributed by atoms with van der Waals surface area (Å²) in [6, 6.07) is 0. The lowest BCUT2D eigenvalue weighted by molar-refractivity contribution is -0.137. The second-order valence-corrected chi connectivity index (χ2v) is 17.2. The Morgan fingerprint density at radius 2 is 1.72 bits per heavy atom. The summed E-state index contributed by atoms with van der Waals surface area (Å²) >= 11 is 1.03. The molecule has 54 heavy (non-hydrogen) atoms. The van der Waals surface area contributed by atoms with Gasteiger partial charge in [0.1, 0.15) is 42.5 Å². The lowest BCUT2D eigenvalue weighted by Gasteiger charge is -2.30. The number of fused-ring (bicyclic) bond motifs is 1. The van der Waals surface area contributed by atoms with Crippen molar-refractivity contribution in [1.82, 2.24) is 30.2 Å². The number of nitrogens with zero attached hydrogens (tertiary/aromatic N) is 4. The van der Waals surface area contributed by atoms with Crippen LogP contribution < -0.4 is 16.4 Å². The number of phosphoric acid groups is 3. The van der Waals surface area contributed by atoms with E-state index in [4.69, 9.17) is 24.3 Å². The highest BCUT2D eigenvalue weighted by atomic mass is 32.2. The Morgan fingerprint density at radius 1 is 1.09 bits per heavy atom. The van der Waals surface area contributed by atoms with Gasteiger partial charge < -0.3 is 55.7 Å². The number of nitrogens with one attached hydrogen (secondary N) is 2. The summed E-state index contributed by atoms with van der Waals surface area (Å²) in [7, 11) is -16.4. The lowest BCUT2D eigenvalue weighted by atomic mass is 9.87. The summed E-state index contributed by atoms with van der Waals surface area (Å²) in [4.78, 5) is 94.7. The summed E-state index contributed by atoms with van der Waals surface area (Å²) in [6.07, 6.45) is -6.13. The minimum Gasteiger partial charge on any atom is -0.386 e. The van der Waals surface area contributed by atoms with Crippen molar-refractivity contribution in [1.29, 1.82) is 0 Å². The summed E-state index contributed by atoms with van der Waals surface area (Å²) in [5.41, 5.74) is 4.26. The Balaban J connectivity index is 0.00000325. The molecule has 0 saturated carbocycles. The van der Waals surface area contributed by atoms with Crippen LogP contribution in [0.2, 0.25) is 0 Å². The van der Waals surface area contributed by atoms with Crippen LogP contribution in [0, 0.1) is 5.41 Å². The van der Waals surface area contributed by atoms with Gasteiger partial charge in [0, 0.05) is 37.6 Å². The van der Waals surface area contributed by atoms with Gasteiger partial charge in [-0.05, 0) is 6.92 Å². The molecule has 25 nitrogen and oxygen atoms in total. The maximum Gasteiger partial charge on any atom is 0.481 e. The molecule has 1 saturated heterocycles. The molecule has 7 atom stereocenters. The number of imidazole rings is 1. The van der Waals surface area contributed by atoms with E-state index >= 15 is 0 Å². The number of carbonyl (C=O) groups is 4. The number of amides is 2. The molecule has 0 aliphatic carbocycles. The van der Waals surface area contributed by atoms with Crippen LogP contribution in [0.15, 0.2) is 12.7 Å². The van der Waals surface area contributed by atoms with Crippen molar-refractivity contribution in [2.24, 2.45) is 5.41 Å². The van der Waals surface area contributed by atoms with Crippen molar-refractivity contribution in [3.05, 3.63) is 12.7 Å². The SMILES string of the molecule is CC(=O)SCCNC(=O)CCNC(=O)[C@H](O)C(C)(C)COP(=O)(O)OP(=O)(O)OC[C@H]1O[C@@H](n2cnc3c(N)ncnc32)[C@H](O)[C@@H]1OP(=O)(O)O.CC=O. The number of rotatable bonds is 19. The van der Waals surface area contributed by atoms with Gasteiger partial charge in [0.2, 0.25) is 11.8 Å². The van der Waals surface area contributed by atoms with E-state index in [2.05, 4.69) is 34.4 Å². The van der Waals surface area contributed by atoms with Crippen LogP contribution in [0.3, 0.4) is 0 Å². The minimum absolute atomic E-state index is 0.0310. The van der Waals surface area contributed by atoms with Gasteiger partial charge in [-0.2, -0.15) is 4.31 Å². The zero-order valence-corrected chi connectivity index (χ0v) is 32.6. The van der Waals surface area contributed by atoms with Gasteiger partial charge in [0.15, 0.2) is 22.8 Å². The highest BCUT2D eigenvalue weighted by Crippen LogP contribution is 2.61. The molecule has 0 bridgehead atoms. The number of hydrogen-bond acceptors (Lipinski definition) is 19. The Hall–Kier alpha value is -2.77. The first-order valence-corrected chi connectivity index (χ1v) is 20.9. The van der Waals surface area contributed by atoms with E-state index in [1.807, 2.05) is 0 Å². The molecule has 3 heterocycles. The molecule has 1 aliphatic heterocycles. The van der Waals surface area contributed by atoms with Gasteiger partial charge in [0.25, 0.3) is 0 Å². The summed E-state index contributed by atoms with van der Waals surface area (Å²) in [6.45, 7) is 3.35. The average Bonchev–Trinajstić information content (AvgIpc) is 3.61. The van der Waals surface area contributed by atoms with E-state index in [9.17, 15) is 57.9 Å². The number of hydrogen-bond donors (Lipinski definition) is 9. The molecule has 3 rings (SSSR count). The van der Waals surface area contributed by atoms with Crippen LogP contribution in [-0.4, -0.2) is 129 Å². The van der Waals surface area contributed by atoms with Crippen LogP contribution in [0.25, 0.3) is 11.2 Å². The fourth-order valence-corrected chi connectivity index (χ4v) is 7.65. The Bertz CT molecular complexity index is 1760. The number of ether oxygens (including phenoxy) is 1. The Kier molecular flexibility index (Phi) is 17.9. The smallest absolute Gasteiger partial charge is 0.386 e. The van der Waals surface area contributed by atoms with Crippen LogP contribution in [-0.2, 0) is 55.5 Å². The highest BCUT2D eigenvalue weighted by Gasteiger charge is 2.50. The molecule has 2 amide bonds. The lowest BCUT2D eigenvalue weighted by Crippen LogP contribution is -2.46. The van der Waals surface area contributed by atoms with Gasteiger partial charge >= 0.3 is 23.5 Å². The number of carbonyl (C=O) groups excluding carboxylic acids is 4. The van der Waals surface area contributed by atoms with E-state index in [0.717, 1.165) is 35.3 Å². The maximum absolute atomic E-state index is 12.6. The van der Waals surface area contributed by atoms with Crippen molar-refractivity contribution < 1.29 is 85.3 Å². The van der Waals surface area contributed by atoms with E-state index in [0.29, 0.717) is 5.75 Å². The van der Waals surface area contributed by atoms with Gasteiger partial charge in [-0.15, -0.1) is 0 Å². The third-order valence-corrected chi connectivity index (χ3v) is 10.7. The van der Waals surface area contributed by atoms with E-state index in [1.165, 1.54) is 27.7 Å². The van der Waals surface area contributed by atoms with Crippen molar-refractivity contribution in [2.45, 2.75) is 64.8 Å². The summed E-state index contributed by atoms with van der Waals surface area (Å²) < 4.78 is 61.8. The number of aliphatic hydroxyl groups is 2. The van der Waals surface area contributed by atoms with Crippen LogP contribution >= 0.6 is 35.2 Å². The fourth-order valence-electron chi connectivity index (χ4n) is 4.32. The topological polar surface area (TPSA) is 381 Å². The third-order valence-electron chi connectivity index (χ3n) is 6.81. The number of nitrogen functional groups attached to an aromatic ring is 1. The molecule has 2 aromatic heterocycles. The number of aldehydes is 1. The molecule has 306 valence electrons. The number of nitrogens with two attached hydrogens (primary N) is 1. The number of aliphatic hydroxyl groups excluding tert-OH is 2. The van der Waals surface area contributed by atoms with Gasteiger partial charge in [0.05, 0.1) is 19.5 Å². The van der Waals surface area contributed by atoms with Crippen molar-refractivity contribution in [3.8, 4) is 0 Å². The molecule has 0 radical (unpaired) electrons. The zero-order valence-electron chi connectivity index (χ0n) is 29.1. The standard InChI is InChI=1S/C23H38N7O17P3S.C2H4O/c1-12(31)51-7-6-25-14(32)4-5-26-21(35)18(34)23(2,3)9-44-50(41,42)47-49(39,40)43-8-13-17(46-48(36,37)38)16(33)22(45-13)30-11-29-15-19(24)27-10-28-20(15)30;1-2-3/h10-11,13,16-18,22,33-34H,4-9H2,1-3H3,(H,25,32)(H,26,35)(H,39,40)(H,41,42)(H2,24,27,28)(H2,36,37,38);2H,1H3/t13-,16-,17-,18+,22-;/m1./s1. The molecule has 0 spiro atoms. The second-order valence-electron chi connectivity index (χ2n) is 11.6. The van der Waals surface area contributed by atoms with E-state index in [1.54, 1.807) is 0 Å². The molecular formula is C25H42N7O18P3S. The number of phosphoric ester groups is 3. The largest absolute Gasteiger partial charge is 0.481 e. The monoisotopic (exact) mass is 853 g/mol. The second kappa shape index (κ2) is 20.4. The van der Waals surface area contributed by atoms with Crippen molar-refractivity contribution in [3.63, 3.8) is 0 Å². The molecule has 0 aromatic carbocycles. The summed E-state index contributed by atoms with van der Waals surface area (Å²) in [5, 5.41) is 26.1. The molecule has 2 unspecified atom stereocenters. The molecule has 10 N–H and O–H groups in total. The van der Waals surface area contributed by atoms with Crippen molar-refractivity contribution in [2.75, 3.05) is 37.8 Å². The first kappa shape index (κ1) is 47.4. The molecule has 2 aromatic rings. The van der Waals surface area contributed by atoms with E-state index < -0.39 is 84.6 Å². The quantitative estimate of drug-likeness (QED) is 0.0459. The number of aromatic nitrogens is 4. The van der Waals surface area contributed by atoms with Gasteiger partial charge in [-0.1, -0.05) is 25.6 Å². The van der Waals surface area contributed by atoms with E-state index in [-0.39, 0.29) is 41.6 Å². The van der Waals surface area contributed by atoms with Crippen LogP contribution in [0.5, 0.6) is 0 Å². The van der Waals surface area contributed by atoms with Crippen LogP contribution in [0.1, 0.15) is 40.3 Å². The zero-order chi connectivity index (χ0) is 41.1. The van der Waals surface area contributed by atoms with Gasteiger partial charge in [-0.3, -0.25) is 32.5 Å². The van der Waals surface area contributed by atoms with Gasteiger partial charge in [-0.25, -0.2) is 28.6 Å². The Labute approximate surface area is 311 Å². The normalized spacial score (nSPS) is 21.6. The first-order chi connectivity index (χ1) is 24.9. The fraction of sp³-hybridized carbons (Fsp3) is 0.640. The molecule has 1 fully saturated rings. The first-order valence-electron chi connectivity index (χ1n) is 15.4. The number of thioether (sulfide) groups is 1. The molecule has 1 aliphatic rings. The van der Waals surface area contributed by atoms with Crippen molar-refractivity contribution >= 4 is 75.4 Å². The maximum atomic E-state index is 12.6. The third kappa shape index (κ3) is 15.0. The molecule has 29 heteroatoms.